The highest BCUT2D eigenvalue weighted by Gasteiger charge is 2.23. The van der Waals surface area contributed by atoms with Crippen molar-refractivity contribution >= 4 is 64.9 Å². The van der Waals surface area contributed by atoms with E-state index < -0.39 is 0 Å². The second kappa shape index (κ2) is 10.1. The molecule has 218 valence electrons. The number of benzene rings is 8. The lowest BCUT2D eigenvalue weighted by Crippen LogP contribution is -2.06. The molecule has 4 nitrogen and oxygen atoms in total. The van der Waals surface area contributed by atoms with Crippen LogP contribution in [0.2, 0.25) is 0 Å². The van der Waals surface area contributed by atoms with Crippen molar-refractivity contribution in [1.29, 1.82) is 0 Å². The predicted molar refractivity (Wildman–Crippen MR) is 195 cm³/mol. The maximum Gasteiger partial charge on any atom is 0.238 e. The number of aromatic nitrogens is 4. The molecule has 0 fully saturated rings. The van der Waals surface area contributed by atoms with Crippen molar-refractivity contribution in [2.24, 2.45) is 0 Å². The summed E-state index contributed by atoms with van der Waals surface area (Å²) in [5.41, 5.74) is 4.06. The summed E-state index contributed by atoms with van der Waals surface area (Å²) < 4.78 is 2.27. The van der Waals surface area contributed by atoms with Gasteiger partial charge in [-0.1, -0.05) is 146 Å². The first-order chi connectivity index (χ1) is 23.3. The van der Waals surface area contributed by atoms with Crippen LogP contribution in [-0.4, -0.2) is 19.5 Å². The Morgan fingerprint density at radius 2 is 0.936 bits per heavy atom. The molecule has 0 radical (unpaired) electrons. The fourth-order valence-corrected chi connectivity index (χ4v) is 7.28. The van der Waals surface area contributed by atoms with Crippen LogP contribution >= 0.6 is 0 Å². The van der Waals surface area contributed by atoms with Crippen LogP contribution in [0.15, 0.2) is 158 Å². The van der Waals surface area contributed by atoms with E-state index in [4.69, 9.17) is 15.0 Å². The van der Waals surface area contributed by atoms with Crippen molar-refractivity contribution in [1.82, 2.24) is 19.5 Å². The summed E-state index contributed by atoms with van der Waals surface area (Å²) in [6, 6.07) is 55.6. The second-order valence-electron chi connectivity index (χ2n) is 12.0. The Morgan fingerprint density at radius 3 is 1.72 bits per heavy atom. The summed E-state index contributed by atoms with van der Waals surface area (Å²) in [6.07, 6.45) is 0. The maximum absolute atomic E-state index is 5.29. The molecule has 2 heterocycles. The molecule has 0 bridgehead atoms. The molecule has 47 heavy (non-hydrogen) atoms. The standard InChI is InChI=1S/C43H26N4/c1-2-14-29(15-3-1)41-44-42(31-23-22-27-12-4-5-16-30(27)26-31)46-43(45-41)47-37-25-24-28-13-6-7-17-32(28)38(37)39-35-20-10-8-18-33(35)34-19-9-11-21-36(34)40(39)47/h1-26H. The van der Waals surface area contributed by atoms with Gasteiger partial charge in [-0.3, -0.25) is 4.57 Å². The van der Waals surface area contributed by atoms with Gasteiger partial charge in [0.25, 0.3) is 0 Å². The van der Waals surface area contributed by atoms with Crippen LogP contribution in [0, 0.1) is 0 Å². The van der Waals surface area contributed by atoms with Crippen molar-refractivity contribution in [3.05, 3.63) is 158 Å². The van der Waals surface area contributed by atoms with E-state index >= 15 is 0 Å². The highest BCUT2D eigenvalue weighted by atomic mass is 15.2. The molecule has 0 aliphatic rings. The zero-order valence-corrected chi connectivity index (χ0v) is 25.3. The summed E-state index contributed by atoms with van der Waals surface area (Å²) in [4.78, 5) is 15.6. The molecule has 0 aliphatic carbocycles. The molecule has 0 saturated carbocycles. The molecular formula is C43H26N4. The van der Waals surface area contributed by atoms with Crippen LogP contribution in [0.3, 0.4) is 0 Å². The van der Waals surface area contributed by atoms with E-state index in [0.29, 0.717) is 17.6 Å². The van der Waals surface area contributed by atoms with Gasteiger partial charge in [0.15, 0.2) is 11.6 Å². The van der Waals surface area contributed by atoms with Crippen LogP contribution in [0.4, 0.5) is 0 Å². The lowest BCUT2D eigenvalue weighted by Gasteiger charge is -2.13. The minimum Gasteiger partial charge on any atom is -0.277 e. The molecule has 0 spiro atoms. The number of rotatable bonds is 3. The lowest BCUT2D eigenvalue weighted by atomic mass is 9.95. The van der Waals surface area contributed by atoms with Crippen molar-refractivity contribution < 1.29 is 0 Å². The summed E-state index contributed by atoms with van der Waals surface area (Å²) >= 11 is 0. The average molecular weight is 599 g/mol. The number of hydrogen-bond acceptors (Lipinski definition) is 3. The Labute approximate surface area is 270 Å². The minimum atomic E-state index is 0.595. The lowest BCUT2D eigenvalue weighted by molar-refractivity contribution is 0.955. The number of nitrogens with zero attached hydrogens (tertiary/aromatic N) is 4. The topological polar surface area (TPSA) is 43.6 Å². The van der Waals surface area contributed by atoms with Gasteiger partial charge in [-0.25, -0.2) is 4.98 Å². The molecule has 10 aromatic rings. The molecule has 0 N–H and O–H groups in total. The van der Waals surface area contributed by atoms with Gasteiger partial charge in [0, 0.05) is 27.3 Å². The summed E-state index contributed by atoms with van der Waals surface area (Å²) in [6.45, 7) is 0. The van der Waals surface area contributed by atoms with E-state index in [0.717, 1.165) is 32.9 Å². The van der Waals surface area contributed by atoms with Gasteiger partial charge in [-0.2, -0.15) is 9.97 Å². The van der Waals surface area contributed by atoms with E-state index in [-0.39, 0.29) is 0 Å². The fraction of sp³-hybridized carbons (Fsp3) is 0. The van der Waals surface area contributed by atoms with Crippen LogP contribution in [0.5, 0.6) is 0 Å². The second-order valence-corrected chi connectivity index (χ2v) is 12.0. The Kier molecular flexibility index (Phi) is 5.54. The summed E-state index contributed by atoms with van der Waals surface area (Å²) in [7, 11) is 0. The molecule has 10 rings (SSSR count). The zero-order valence-electron chi connectivity index (χ0n) is 25.3. The van der Waals surface area contributed by atoms with Gasteiger partial charge in [0.2, 0.25) is 5.95 Å². The van der Waals surface area contributed by atoms with Gasteiger partial charge in [0.05, 0.1) is 11.0 Å². The smallest absolute Gasteiger partial charge is 0.238 e. The van der Waals surface area contributed by atoms with Gasteiger partial charge in [-0.15, -0.1) is 0 Å². The first-order valence-electron chi connectivity index (χ1n) is 15.9. The van der Waals surface area contributed by atoms with Crippen LogP contribution < -0.4 is 0 Å². The van der Waals surface area contributed by atoms with Gasteiger partial charge in [0.1, 0.15) is 0 Å². The molecule has 2 aromatic heterocycles. The molecule has 0 aliphatic heterocycles. The van der Waals surface area contributed by atoms with Crippen molar-refractivity contribution in [3.8, 4) is 28.7 Å². The van der Waals surface area contributed by atoms with Crippen LogP contribution in [0.1, 0.15) is 0 Å². The number of hydrogen-bond donors (Lipinski definition) is 0. The molecule has 0 amide bonds. The van der Waals surface area contributed by atoms with E-state index in [1.165, 1.54) is 43.1 Å². The largest absolute Gasteiger partial charge is 0.277 e. The molecule has 0 atom stereocenters. The molecule has 8 aromatic carbocycles. The normalized spacial score (nSPS) is 11.8. The third kappa shape index (κ3) is 3.92. The summed E-state index contributed by atoms with van der Waals surface area (Å²) in [5.74, 6) is 1.87. The fourth-order valence-electron chi connectivity index (χ4n) is 7.28. The molecular weight excluding hydrogens is 573 g/mol. The SMILES string of the molecule is c1ccc(-c2nc(-c3ccc4ccccc4c3)nc(-n3c4ccc5ccccc5c4c4c5ccccc5c5ccccc5c43)n2)cc1. The predicted octanol–water partition coefficient (Wildman–Crippen LogP) is 10.9. The van der Waals surface area contributed by atoms with E-state index in [1.54, 1.807) is 0 Å². The Hall–Kier alpha value is -6.39. The van der Waals surface area contributed by atoms with Gasteiger partial charge < -0.3 is 0 Å². The average Bonchev–Trinajstić information content (AvgIpc) is 3.51. The van der Waals surface area contributed by atoms with E-state index in [2.05, 4.69) is 144 Å². The van der Waals surface area contributed by atoms with Gasteiger partial charge >= 0.3 is 0 Å². The number of fused-ring (bicyclic) bond motifs is 11. The molecule has 0 saturated heterocycles. The van der Waals surface area contributed by atoms with Crippen LogP contribution in [-0.2, 0) is 0 Å². The third-order valence-electron chi connectivity index (χ3n) is 9.39. The molecule has 0 unspecified atom stereocenters. The highest BCUT2D eigenvalue weighted by molar-refractivity contribution is 6.35. The Bertz CT molecular complexity index is 2850. The molecule has 4 heteroatoms. The van der Waals surface area contributed by atoms with Crippen molar-refractivity contribution in [2.45, 2.75) is 0 Å². The van der Waals surface area contributed by atoms with Gasteiger partial charge in [-0.05, 0) is 49.8 Å². The van der Waals surface area contributed by atoms with Crippen LogP contribution in [0.25, 0.3) is 93.6 Å². The highest BCUT2D eigenvalue weighted by Crippen LogP contribution is 2.44. The Morgan fingerprint density at radius 1 is 0.362 bits per heavy atom. The monoisotopic (exact) mass is 598 g/mol. The maximum atomic E-state index is 5.29. The summed E-state index contributed by atoms with van der Waals surface area (Å²) in [5, 5.41) is 12.0. The Balaban J connectivity index is 1.40. The minimum absolute atomic E-state index is 0.595. The quantitative estimate of drug-likeness (QED) is 0.190. The van der Waals surface area contributed by atoms with E-state index in [1.807, 2.05) is 18.2 Å². The first kappa shape index (κ1) is 25.9. The van der Waals surface area contributed by atoms with Crippen molar-refractivity contribution in [2.75, 3.05) is 0 Å². The zero-order chi connectivity index (χ0) is 30.9. The first-order valence-corrected chi connectivity index (χ1v) is 15.9. The van der Waals surface area contributed by atoms with Crippen molar-refractivity contribution in [3.63, 3.8) is 0 Å². The van der Waals surface area contributed by atoms with E-state index in [9.17, 15) is 0 Å². The third-order valence-corrected chi connectivity index (χ3v) is 9.39.